The summed E-state index contributed by atoms with van der Waals surface area (Å²) in [5.41, 5.74) is 0. The maximum atomic E-state index is 9.26. The summed E-state index contributed by atoms with van der Waals surface area (Å²) in [6.45, 7) is 12.4. The Kier molecular flexibility index (Phi) is 19.9. The Morgan fingerprint density at radius 2 is 0.955 bits per heavy atom. The molecule has 0 fully saturated rings. The summed E-state index contributed by atoms with van der Waals surface area (Å²) in [6.07, 6.45) is 14.5. The average molecular weight is 380 g/mol. The topological polar surface area (TPSA) is 20.2 Å². The molecule has 0 aliphatic rings. The molecule has 0 aromatic rings. The first-order valence-electron chi connectivity index (χ1n) is 9.70. The van der Waals surface area contributed by atoms with Gasteiger partial charge in [-0.1, -0.05) is 52.9 Å². The second-order valence-electron chi connectivity index (χ2n) is 6.79. The Morgan fingerprint density at radius 1 is 0.545 bits per heavy atom. The zero-order valence-electron chi connectivity index (χ0n) is 15.6. The van der Waals surface area contributed by atoms with Crippen LogP contribution in [0.1, 0.15) is 91.4 Å². The number of hydrogen-bond acceptors (Lipinski definition) is 1. The van der Waals surface area contributed by atoms with Gasteiger partial charge in [0.25, 0.3) is 0 Å². The third-order valence-electron chi connectivity index (χ3n) is 4.75. The summed E-state index contributed by atoms with van der Waals surface area (Å²) in [7, 11) is 0. The van der Waals surface area contributed by atoms with Crippen LogP contribution < -0.4 is 17.0 Å². The van der Waals surface area contributed by atoms with Crippen LogP contribution in [0.15, 0.2) is 0 Å². The van der Waals surface area contributed by atoms with Crippen molar-refractivity contribution in [3.63, 3.8) is 0 Å². The van der Waals surface area contributed by atoms with Gasteiger partial charge in [-0.05, 0) is 32.1 Å². The molecule has 3 heteroatoms. The first-order valence-corrected chi connectivity index (χ1v) is 9.70. The van der Waals surface area contributed by atoms with Gasteiger partial charge in [-0.2, -0.15) is 0 Å². The molecule has 0 aliphatic heterocycles. The lowest BCUT2D eigenvalue weighted by molar-refractivity contribution is -0.929. The standard InChI is InChI=1S/C19H42NO.BrH/c1-4-7-10-12-16-20(15-9-6-3,18-14-19-21)17-13-11-8-5-2;/h21H,4-19H2,1-3H3;1H/q+1;/p-1. The van der Waals surface area contributed by atoms with Crippen LogP contribution in [-0.2, 0) is 0 Å². The molecule has 0 heterocycles. The maximum Gasteiger partial charge on any atom is 0.0808 e. The molecule has 0 aliphatic carbocycles. The Morgan fingerprint density at radius 3 is 1.36 bits per heavy atom. The highest BCUT2D eigenvalue weighted by Crippen LogP contribution is 2.17. The van der Waals surface area contributed by atoms with Crippen LogP contribution in [0, 0.1) is 0 Å². The van der Waals surface area contributed by atoms with Gasteiger partial charge in [0.2, 0.25) is 0 Å². The fourth-order valence-corrected chi connectivity index (χ4v) is 3.32. The first-order chi connectivity index (χ1) is 10.2. The summed E-state index contributed by atoms with van der Waals surface area (Å²) in [4.78, 5) is 0. The predicted molar refractivity (Wildman–Crippen MR) is 94.6 cm³/mol. The zero-order valence-corrected chi connectivity index (χ0v) is 17.2. The Bertz CT molecular complexity index is 190. The highest BCUT2D eigenvalue weighted by molar-refractivity contribution is 4.51. The molecule has 0 aromatic carbocycles. The lowest BCUT2D eigenvalue weighted by atomic mass is 10.1. The summed E-state index contributed by atoms with van der Waals surface area (Å²) >= 11 is 0. The van der Waals surface area contributed by atoms with Gasteiger partial charge in [0.15, 0.2) is 0 Å². The van der Waals surface area contributed by atoms with Crippen LogP contribution in [-0.4, -0.2) is 42.4 Å². The number of halogens is 1. The van der Waals surface area contributed by atoms with Gasteiger partial charge in [-0.3, -0.25) is 0 Å². The van der Waals surface area contributed by atoms with Gasteiger partial charge in [0.05, 0.1) is 26.2 Å². The molecule has 22 heavy (non-hydrogen) atoms. The molecule has 0 spiro atoms. The van der Waals surface area contributed by atoms with E-state index >= 15 is 0 Å². The first kappa shape index (κ1) is 24.6. The molecule has 136 valence electrons. The minimum atomic E-state index is 0. The Labute approximate surface area is 151 Å². The Hall–Kier alpha value is 0.400. The number of aliphatic hydroxyl groups is 1. The highest BCUT2D eigenvalue weighted by Gasteiger charge is 2.25. The molecule has 0 unspecified atom stereocenters. The molecular formula is C19H42BrNO. The van der Waals surface area contributed by atoms with E-state index in [-0.39, 0.29) is 17.0 Å². The monoisotopic (exact) mass is 379 g/mol. The van der Waals surface area contributed by atoms with E-state index in [1.54, 1.807) is 0 Å². The van der Waals surface area contributed by atoms with Gasteiger partial charge < -0.3 is 26.6 Å². The number of hydrogen-bond donors (Lipinski definition) is 1. The summed E-state index contributed by atoms with van der Waals surface area (Å²) in [6, 6.07) is 0. The van der Waals surface area contributed by atoms with Crippen LogP contribution in [0.3, 0.4) is 0 Å². The number of nitrogens with zero attached hydrogens (tertiary/aromatic N) is 1. The molecule has 0 rings (SSSR count). The van der Waals surface area contributed by atoms with E-state index in [0.29, 0.717) is 6.61 Å². The van der Waals surface area contributed by atoms with Crippen molar-refractivity contribution in [2.24, 2.45) is 0 Å². The molecule has 1 N–H and O–H groups in total. The highest BCUT2D eigenvalue weighted by atomic mass is 79.9. The normalized spacial score (nSPS) is 11.5. The van der Waals surface area contributed by atoms with Gasteiger partial charge in [0, 0.05) is 13.0 Å². The fourth-order valence-electron chi connectivity index (χ4n) is 3.32. The number of rotatable bonds is 16. The van der Waals surface area contributed by atoms with Crippen molar-refractivity contribution in [2.75, 3.05) is 32.8 Å². The van der Waals surface area contributed by atoms with Crippen molar-refractivity contribution in [2.45, 2.75) is 91.4 Å². The second kappa shape index (κ2) is 17.7. The lowest BCUT2D eigenvalue weighted by Gasteiger charge is -2.39. The number of quaternary nitrogens is 1. The number of unbranched alkanes of at least 4 members (excludes halogenated alkanes) is 7. The fraction of sp³-hybridized carbons (Fsp3) is 1.00. The van der Waals surface area contributed by atoms with Crippen molar-refractivity contribution in [1.82, 2.24) is 0 Å². The van der Waals surface area contributed by atoms with Crippen LogP contribution in [0.2, 0.25) is 0 Å². The van der Waals surface area contributed by atoms with Crippen LogP contribution in [0.4, 0.5) is 0 Å². The van der Waals surface area contributed by atoms with Crippen LogP contribution in [0.5, 0.6) is 0 Å². The SMILES string of the molecule is CCCCCC[N+](CCCC)(CCCO)CCCCCC.[Br-]. The molecule has 0 aromatic heterocycles. The van der Waals surface area contributed by atoms with E-state index < -0.39 is 0 Å². The summed E-state index contributed by atoms with van der Waals surface area (Å²) < 4.78 is 1.28. The average Bonchev–Trinajstić information content (AvgIpc) is 2.51. The summed E-state index contributed by atoms with van der Waals surface area (Å²) in [5.74, 6) is 0. The van der Waals surface area contributed by atoms with Gasteiger partial charge in [-0.15, -0.1) is 0 Å². The van der Waals surface area contributed by atoms with E-state index in [1.807, 2.05) is 0 Å². The third kappa shape index (κ3) is 12.9. The number of aliphatic hydroxyl groups excluding tert-OH is 1. The Balaban J connectivity index is 0. The zero-order chi connectivity index (χ0) is 15.8. The van der Waals surface area contributed by atoms with Gasteiger partial charge in [-0.25, -0.2) is 0 Å². The van der Waals surface area contributed by atoms with E-state index in [0.717, 1.165) is 6.42 Å². The van der Waals surface area contributed by atoms with E-state index in [2.05, 4.69) is 20.8 Å². The molecule has 0 atom stereocenters. The van der Waals surface area contributed by atoms with Crippen molar-refractivity contribution in [3.8, 4) is 0 Å². The third-order valence-corrected chi connectivity index (χ3v) is 4.75. The van der Waals surface area contributed by atoms with E-state index in [1.165, 1.54) is 94.9 Å². The van der Waals surface area contributed by atoms with Gasteiger partial charge in [0.1, 0.15) is 0 Å². The smallest absolute Gasteiger partial charge is 0.0808 e. The van der Waals surface area contributed by atoms with E-state index in [4.69, 9.17) is 0 Å². The predicted octanol–water partition coefficient (Wildman–Crippen LogP) is 2.15. The minimum Gasteiger partial charge on any atom is -1.00 e. The molecule has 0 saturated heterocycles. The van der Waals surface area contributed by atoms with Crippen molar-refractivity contribution in [1.29, 1.82) is 0 Å². The molecular weight excluding hydrogens is 338 g/mol. The summed E-state index contributed by atoms with van der Waals surface area (Å²) in [5, 5.41) is 9.26. The van der Waals surface area contributed by atoms with E-state index in [9.17, 15) is 5.11 Å². The largest absolute Gasteiger partial charge is 1.00 e. The van der Waals surface area contributed by atoms with Crippen LogP contribution in [0.25, 0.3) is 0 Å². The molecule has 0 radical (unpaired) electrons. The second-order valence-corrected chi connectivity index (χ2v) is 6.79. The van der Waals surface area contributed by atoms with Crippen molar-refractivity contribution < 1.29 is 26.6 Å². The minimum absolute atomic E-state index is 0. The quantitative estimate of drug-likeness (QED) is 0.321. The van der Waals surface area contributed by atoms with Gasteiger partial charge >= 0.3 is 0 Å². The molecule has 0 amide bonds. The molecule has 2 nitrogen and oxygen atoms in total. The van der Waals surface area contributed by atoms with Crippen molar-refractivity contribution >= 4 is 0 Å². The molecule has 0 saturated carbocycles. The lowest BCUT2D eigenvalue weighted by Crippen LogP contribution is -3.00. The maximum absolute atomic E-state index is 9.26. The molecule has 0 bridgehead atoms. The van der Waals surface area contributed by atoms with Crippen LogP contribution >= 0.6 is 0 Å². The van der Waals surface area contributed by atoms with Crippen molar-refractivity contribution in [3.05, 3.63) is 0 Å².